The molecule has 0 amide bonds. The van der Waals surface area contributed by atoms with E-state index in [9.17, 15) is 0 Å². The average molecular weight is 653 g/mol. The van der Waals surface area contributed by atoms with Crippen molar-refractivity contribution in [3.05, 3.63) is 170 Å². The Labute approximate surface area is 292 Å². The second-order valence-electron chi connectivity index (χ2n) is 13.1. The second kappa shape index (κ2) is 10.8. The molecule has 0 spiro atoms. The third-order valence-corrected chi connectivity index (χ3v) is 10.2. The Hall–Kier alpha value is -6.91. The zero-order valence-electron chi connectivity index (χ0n) is 27.4. The fraction of sp³-hybridized carbons (Fsp3) is 0. The van der Waals surface area contributed by atoms with E-state index in [4.69, 9.17) is 13.8 Å². The molecule has 2 aromatic heterocycles. The summed E-state index contributed by atoms with van der Waals surface area (Å²) >= 11 is 0. The molecule has 0 aliphatic rings. The molecule has 0 fully saturated rings. The summed E-state index contributed by atoms with van der Waals surface area (Å²) in [6.07, 6.45) is 0. The molecule has 4 heteroatoms. The van der Waals surface area contributed by atoms with Crippen LogP contribution in [0.15, 0.2) is 179 Å². The van der Waals surface area contributed by atoms with Crippen LogP contribution in [-0.2, 0) is 0 Å². The fourth-order valence-electron chi connectivity index (χ4n) is 7.92. The molecule has 0 unspecified atom stereocenters. The Morgan fingerprint density at radius 2 is 0.980 bits per heavy atom. The van der Waals surface area contributed by atoms with Crippen LogP contribution in [0.3, 0.4) is 0 Å². The minimum Gasteiger partial charge on any atom is -0.456 e. The van der Waals surface area contributed by atoms with Crippen LogP contribution < -0.4 is 4.90 Å². The van der Waals surface area contributed by atoms with Gasteiger partial charge in [-0.25, -0.2) is 4.98 Å². The lowest BCUT2D eigenvalue weighted by molar-refractivity contribution is 0.620. The molecule has 0 bridgehead atoms. The lowest BCUT2D eigenvalue weighted by Crippen LogP contribution is -2.09. The number of rotatable bonds is 4. The van der Waals surface area contributed by atoms with Crippen LogP contribution in [0.1, 0.15) is 0 Å². The average Bonchev–Trinajstić information content (AvgIpc) is 3.78. The van der Waals surface area contributed by atoms with Crippen LogP contribution >= 0.6 is 0 Å². The molecule has 0 saturated carbocycles. The summed E-state index contributed by atoms with van der Waals surface area (Å²) in [6.45, 7) is 0. The molecule has 0 aliphatic heterocycles. The Morgan fingerprint density at radius 1 is 0.373 bits per heavy atom. The quantitative estimate of drug-likeness (QED) is 0.177. The van der Waals surface area contributed by atoms with Gasteiger partial charge >= 0.3 is 0 Å². The van der Waals surface area contributed by atoms with Crippen LogP contribution in [0, 0.1) is 0 Å². The molecular weight excluding hydrogens is 625 g/mol. The van der Waals surface area contributed by atoms with E-state index >= 15 is 0 Å². The van der Waals surface area contributed by atoms with Crippen LogP contribution in [0.2, 0.25) is 0 Å². The van der Waals surface area contributed by atoms with Crippen molar-refractivity contribution >= 4 is 93.2 Å². The molecule has 0 radical (unpaired) electrons. The lowest BCUT2D eigenvalue weighted by Gasteiger charge is -2.26. The number of hydrogen-bond donors (Lipinski definition) is 0. The fourth-order valence-corrected chi connectivity index (χ4v) is 7.92. The van der Waals surface area contributed by atoms with Crippen molar-refractivity contribution in [1.82, 2.24) is 4.98 Å². The van der Waals surface area contributed by atoms with E-state index in [2.05, 4.69) is 150 Å². The molecule has 4 nitrogen and oxygen atoms in total. The largest absolute Gasteiger partial charge is 0.456 e. The van der Waals surface area contributed by atoms with Crippen LogP contribution in [0.25, 0.3) is 87.6 Å². The predicted octanol–water partition coefficient (Wildman–Crippen LogP) is 13.5. The van der Waals surface area contributed by atoms with Crippen LogP contribution in [0.4, 0.5) is 17.1 Å². The molecule has 11 rings (SSSR count). The van der Waals surface area contributed by atoms with Crippen molar-refractivity contribution in [2.45, 2.75) is 0 Å². The van der Waals surface area contributed by atoms with E-state index < -0.39 is 0 Å². The van der Waals surface area contributed by atoms with E-state index in [0.29, 0.717) is 5.89 Å². The van der Waals surface area contributed by atoms with Gasteiger partial charge in [0.15, 0.2) is 5.58 Å². The van der Waals surface area contributed by atoms with Gasteiger partial charge in [-0.05, 0) is 104 Å². The molecule has 51 heavy (non-hydrogen) atoms. The molecular formula is C47H28N2O2. The van der Waals surface area contributed by atoms with Gasteiger partial charge in [-0.3, -0.25) is 0 Å². The number of oxazole rings is 1. The molecule has 0 atom stereocenters. The lowest BCUT2D eigenvalue weighted by atomic mass is 9.94. The van der Waals surface area contributed by atoms with E-state index in [0.717, 1.165) is 66.4 Å². The van der Waals surface area contributed by atoms with E-state index in [1.165, 1.54) is 32.3 Å². The molecule has 9 aromatic carbocycles. The van der Waals surface area contributed by atoms with Gasteiger partial charge in [0.25, 0.3) is 0 Å². The molecule has 2 heterocycles. The van der Waals surface area contributed by atoms with Gasteiger partial charge in [-0.1, -0.05) is 103 Å². The summed E-state index contributed by atoms with van der Waals surface area (Å²) < 4.78 is 13.0. The highest BCUT2D eigenvalue weighted by Crippen LogP contribution is 2.43. The highest BCUT2D eigenvalue weighted by atomic mass is 16.3. The normalized spacial score (nSPS) is 11.9. The maximum atomic E-state index is 6.59. The zero-order valence-corrected chi connectivity index (χ0v) is 27.4. The molecule has 238 valence electrons. The van der Waals surface area contributed by atoms with Gasteiger partial charge in [-0.2, -0.15) is 0 Å². The van der Waals surface area contributed by atoms with Crippen molar-refractivity contribution in [2.75, 3.05) is 4.90 Å². The number of nitrogens with zero attached hydrogens (tertiary/aromatic N) is 2. The van der Waals surface area contributed by atoms with Gasteiger partial charge < -0.3 is 13.7 Å². The number of aromatic nitrogens is 1. The molecule has 11 aromatic rings. The maximum absolute atomic E-state index is 6.59. The van der Waals surface area contributed by atoms with Crippen molar-refractivity contribution < 1.29 is 8.83 Å². The van der Waals surface area contributed by atoms with E-state index in [1.807, 2.05) is 24.3 Å². The Morgan fingerprint density at radius 3 is 1.73 bits per heavy atom. The van der Waals surface area contributed by atoms with Gasteiger partial charge in [0.2, 0.25) is 5.89 Å². The summed E-state index contributed by atoms with van der Waals surface area (Å²) in [5.41, 5.74) is 7.26. The number of anilines is 3. The van der Waals surface area contributed by atoms with E-state index in [1.54, 1.807) is 0 Å². The molecule has 0 N–H and O–H groups in total. The highest BCUT2D eigenvalue weighted by molar-refractivity contribution is 6.26. The minimum atomic E-state index is 0.583. The Bertz CT molecular complexity index is 3070. The van der Waals surface area contributed by atoms with Crippen molar-refractivity contribution in [2.24, 2.45) is 0 Å². The summed E-state index contributed by atoms with van der Waals surface area (Å²) in [5, 5.41) is 11.8. The SMILES string of the molecule is c1ccc(N(c2ccc3c(c2)oc2cccc(-c4nc5cc6ccccc6cc5o4)c23)c2ccc3c4ccccc4c4ccccc4c3c2)cc1. The van der Waals surface area contributed by atoms with Crippen molar-refractivity contribution in [1.29, 1.82) is 0 Å². The summed E-state index contributed by atoms with van der Waals surface area (Å²) in [6, 6.07) is 59.8. The third kappa shape index (κ3) is 4.30. The minimum absolute atomic E-state index is 0.583. The summed E-state index contributed by atoms with van der Waals surface area (Å²) in [7, 11) is 0. The topological polar surface area (TPSA) is 42.4 Å². The maximum Gasteiger partial charge on any atom is 0.228 e. The van der Waals surface area contributed by atoms with Crippen LogP contribution in [0.5, 0.6) is 0 Å². The number of para-hydroxylation sites is 1. The first kappa shape index (κ1) is 28.0. The number of benzene rings is 9. The highest BCUT2D eigenvalue weighted by Gasteiger charge is 2.20. The van der Waals surface area contributed by atoms with Gasteiger partial charge in [0.1, 0.15) is 16.7 Å². The van der Waals surface area contributed by atoms with Crippen molar-refractivity contribution in [3.8, 4) is 11.5 Å². The van der Waals surface area contributed by atoms with Gasteiger partial charge in [-0.15, -0.1) is 0 Å². The summed E-state index contributed by atoms with van der Waals surface area (Å²) in [4.78, 5) is 7.25. The zero-order chi connectivity index (χ0) is 33.5. The first-order valence-electron chi connectivity index (χ1n) is 17.2. The molecule has 0 saturated heterocycles. The first-order chi connectivity index (χ1) is 25.3. The molecule has 0 aliphatic carbocycles. The second-order valence-corrected chi connectivity index (χ2v) is 13.1. The van der Waals surface area contributed by atoms with Crippen molar-refractivity contribution in [3.63, 3.8) is 0 Å². The van der Waals surface area contributed by atoms with E-state index in [-0.39, 0.29) is 0 Å². The number of fused-ring (bicyclic) bond motifs is 11. The third-order valence-electron chi connectivity index (χ3n) is 10.2. The standard InChI is InChI=1S/C47H28N2O2/c1-2-13-31(14-3-1)49(32-21-23-38-36-17-7-6-15-34(36)35-16-8-9-18-37(35)41(38)27-32)33-22-24-39-44(28-33)50-43-20-10-19-40(46(39)43)47-48-42-25-29-11-4-5-12-30(29)26-45(42)51-47/h1-28H. The smallest absolute Gasteiger partial charge is 0.228 e. The van der Waals surface area contributed by atoms with Gasteiger partial charge in [0.05, 0.1) is 0 Å². The summed E-state index contributed by atoms with van der Waals surface area (Å²) in [5.74, 6) is 0.583. The monoisotopic (exact) mass is 652 g/mol. The van der Waals surface area contributed by atoms with Gasteiger partial charge in [0, 0.05) is 39.5 Å². The number of furan rings is 1. The first-order valence-corrected chi connectivity index (χ1v) is 17.2. The Balaban J connectivity index is 1.09. The Kier molecular flexibility index (Phi) is 5.92. The number of hydrogen-bond acceptors (Lipinski definition) is 4. The predicted molar refractivity (Wildman–Crippen MR) is 211 cm³/mol. The van der Waals surface area contributed by atoms with Crippen LogP contribution in [-0.4, -0.2) is 4.98 Å².